The number of rotatable bonds is 4. The summed E-state index contributed by atoms with van der Waals surface area (Å²) in [5.74, 6) is -0.733. The maximum absolute atomic E-state index is 12.3. The molecule has 0 saturated carbocycles. The predicted molar refractivity (Wildman–Crippen MR) is 84.3 cm³/mol. The molecule has 0 spiro atoms. The fraction of sp³-hybridized carbons (Fsp3) is 0.500. The van der Waals surface area contributed by atoms with Crippen molar-refractivity contribution >= 4 is 17.7 Å². The van der Waals surface area contributed by atoms with Gasteiger partial charge >= 0.3 is 0 Å². The van der Waals surface area contributed by atoms with Gasteiger partial charge in [-0.2, -0.15) is 0 Å². The van der Waals surface area contributed by atoms with Crippen molar-refractivity contribution in [3.05, 3.63) is 30.1 Å². The third kappa shape index (κ3) is 4.06. The topological polar surface area (TPSA) is 96.6 Å². The molecule has 1 fully saturated rings. The normalized spacial score (nSPS) is 15.4. The van der Waals surface area contributed by atoms with Crippen LogP contribution in [-0.4, -0.2) is 58.7 Å². The van der Waals surface area contributed by atoms with Crippen LogP contribution in [-0.2, 0) is 9.59 Å². The van der Waals surface area contributed by atoms with Crippen molar-refractivity contribution in [1.29, 1.82) is 0 Å². The lowest BCUT2D eigenvalue weighted by Gasteiger charge is -2.35. The molecule has 1 aromatic heterocycles. The Morgan fingerprint density at radius 2 is 1.74 bits per heavy atom. The maximum Gasteiger partial charge on any atom is 0.272 e. The lowest BCUT2D eigenvalue weighted by molar-refractivity contribution is -0.139. The van der Waals surface area contributed by atoms with Crippen molar-refractivity contribution in [2.24, 2.45) is 11.1 Å². The van der Waals surface area contributed by atoms with E-state index in [0.717, 1.165) is 0 Å². The molecule has 0 aliphatic carbocycles. The SMILES string of the molecule is CC(C)(CC(=O)N1CCN(C(=O)c2ccccn2)CC1)C(N)=O. The van der Waals surface area contributed by atoms with Crippen molar-refractivity contribution < 1.29 is 14.4 Å². The minimum Gasteiger partial charge on any atom is -0.369 e. The van der Waals surface area contributed by atoms with Crippen LogP contribution in [0.25, 0.3) is 0 Å². The zero-order valence-electron chi connectivity index (χ0n) is 13.5. The first-order chi connectivity index (χ1) is 10.8. The molecule has 1 aliphatic heterocycles. The fourth-order valence-corrected chi connectivity index (χ4v) is 2.39. The summed E-state index contributed by atoms with van der Waals surface area (Å²) < 4.78 is 0. The van der Waals surface area contributed by atoms with E-state index in [2.05, 4.69) is 4.98 Å². The van der Waals surface area contributed by atoms with Crippen LogP contribution in [0.15, 0.2) is 24.4 Å². The second-order valence-electron chi connectivity index (χ2n) is 6.31. The number of nitrogens with two attached hydrogens (primary N) is 1. The summed E-state index contributed by atoms with van der Waals surface area (Å²) in [5, 5.41) is 0. The molecule has 1 aromatic rings. The van der Waals surface area contributed by atoms with Gasteiger partial charge in [0.1, 0.15) is 5.69 Å². The third-order valence-electron chi connectivity index (χ3n) is 4.06. The van der Waals surface area contributed by atoms with Crippen LogP contribution in [0, 0.1) is 5.41 Å². The Bertz CT molecular complexity index is 593. The molecular weight excluding hydrogens is 296 g/mol. The lowest BCUT2D eigenvalue weighted by Crippen LogP contribution is -2.51. The van der Waals surface area contributed by atoms with Crippen molar-refractivity contribution in [2.45, 2.75) is 20.3 Å². The van der Waals surface area contributed by atoms with E-state index >= 15 is 0 Å². The lowest BCUT2D eigenvalue weighted by atomic mass is 9.88. The Hall–Kier alpha value is -2.44. The number of primary amides is 1. The zero-order valence-corrected chi connectivity index (χ0v) is 13.5. The van der Waals surface area contributed by atoms with Gasteiger partial charge < -0.3 is 15.5 Å². The van der Waals surface area contributed by atoms with Gasteiger partial charge in [0, 0.05) is 38.8 Å². The number of aromatic nitrogens is 1. The molecule has 2 N–H and O–H groups in total. The summed E-state index contributed by atoms with van der Waals surface area (Å²) in [7, 11) is 0. The number of carbonyl (C=O) groups excluding carboxylic acids is 3. The molecule has 7 heteroatoms. The molecule has 2 heterocycles. The number of hydrogen-bond acceptors (Lipinski definition) is 4. The van der Waals surface area contributed by atoms with Crippen LogP contribution in [0.2, 0.25) is 0 Å². The summed E-state index contributed by atoms with van der Waals surface area (Å²) in [6.45, 7) is 5.14. The van der Waals surface area contributed by atoms with Crippen molar-refractivity contribution in [2.75, 3.05) is 26.2 Å². The number of piperazine rings is 1. The fourth-order valence-electron chi connectivity index (χ4n) is 2.39. The first kappa shape index (κ1) is 16.9. The van der Waals surface area contributed by atoms with Gasteiger partial charge in [-0.05, 0) is 12.1 Å². The first-order valence-corrected chi connectivity index (χ1v) is 7.59. The Labute approximate surface area is 135 Å². The highest BCUT2D eigenvalue weighted by Gasteiger charge is 2.32. The van der Waals surface area contributed by atoms with E-state index in [9.17, 15) is 14.4 Å². The minimum absolute atomic E-state index is 0.0799. The first-order valence-electron chi connectivity index (χ1n) is 7.59. The largest absolute Gasteiger partial charge is 0.369 e. The second-order valence-corrected chi connectivity index (χ2v) is 6.31. The average molecular weight is 318 g/mol. The number of nitrogens with zero attached hydrogens (tertiary/aromatic N) is 3. The van der Waals surface area contributed by atoms with E-state index in [0.29, 0.717) is 31.9 Å². The van der Waals surface area contributed by atoms with Crippen molar-refractivity contribution in [3.8, 4) is 0 Å². The van der Waals surface area contributed by atoms with Gasteiger partial charge in [0.15, 0.2) is 0 Å². The summed E-state index contributed by atoms with van der Waals surface area (Å²) in [4.78, 5) is 43.3. The summed E-state index contributed by atoms with van der Waals surface area (Å²) >= 11 is 0. The van der Waals surface area contributed by atoms with E-state index in [1.54, 1.807) is 48.0 Å². The molecule has 0 bridgehead atoms. The monoisotopic (exact) mass is 318 g/mol. The van der Waals surface area contributed by atoms with E-state index in [4.69, 9.17) is 5.73 Å². The van der Waals surface area contributed by atoms with E-state index in [1.807, 2.05) is 0 Å². The Morgan fingerprint density at radius 1 is 1.13 bits per heavy atom. The van der Waals surface area contributed by atoms with Crippen LogP contribution in [0.3, 0.4) is 0 Å². The van der Waals surface area contributed by atoms with Gasteiger partial charge in [-0.1, -0.05) is 19.9 Å². The molecule has 124 valence electrons. The minimum atomic E-state index is -0.863. The number of amides is 3. The van der Waals surface area contributed by atoms with Crippen LogP contribution in [0.5, 0.6) is 0 Å². The Morgan fingerprint density at radius 3 is 2.26 bits per heavy atom. The van der Waals surface area contributed by atoms with Crippen molar-refractivity contribution in [1.82, 2.24) is 14.8 Å². The molecule has 0 unspecified atom stereocenters. The third-order valence-corrected chi connectivity index (χ3v) is 4.06. The van der Waals surface area contributed by atoms with Gasteiger partial charge in [-0.15, -0.1) is 0 Å². The molecule has 2 rings (SSSR count). The highest BCUT2D eigenvalue weighted by atomic mass is 16.2. The zero-order chi connectivity index (χ0) is 17.0. The number of pyridine rings is 1. The van der Waals surface area contributed by atoms with E-state index in [1.165, 1.54) is 0 Å². The number of carbonyl (C=O) groups is 3. The predicted octanol–water partition coefficient (Wildman–Crippen LogP) is 0.268. The quantitative estimate of drug-likeness (QED) is 0.861. The van der Waals surface area contributed by atoms with E-state index < -0.39 is 11.3 Å². The van der Waals surface area contributed by atoms with Crippen LogP contribution in [0.1, 0.15) is 30.8 Å². The van der Waals surface area contributed by atoms with Gasteiger partial charge in [0.2, 0.25) is 11.8 Å². The van der Waals surface area contributed by atoms with E-state index in [-0.39, 0.29) is 18.2 Å². The van der Waals surface area contributed by atoms with Gasteiger partial charge in [-0.3, -0.25) is 19.4 Å². The smallest absolute Gasteiger partial charge is 0.272 e. The standard InChI is InChI=1S/C16H22N4O3/c1-16(2,15(17)23)11-13(21)19-7-9-20(10-8-19)14(22)12-5-3-4-6-18-12/h3-6H,7-11H2,1-2H3,(H2,17,23). The van der Waals surface area contributed by atoms with Crippen LogP contribution in [0.4, 0.5) is 0 Å². The molecule has 0 atom stereocenters. The second kappa shape index (κ2) is 6.76. The Kier molecular flexibility index (Phi) is 4.98. The summed E-state index contributed by atoms with van der Waals surface area (Å²) in [5.41, 5.74) is 4.85. The van der Waals surface area contributed by atoms with Crippen molar-refractivity contribution in [3.63, 3.8) is 0 Å². The highest BCUT2D eigenvalue weighted by Crippen LogP contribution is 2.21. The molecule has 3 amide bonds. The number of hydrogen-bond donors (Lipinski definition) is 1. The average Bonchev–Trinajstić information content (AvgIpc) is 2.54. The molecule has 0 radical (unpaired) electrons. The molecule has 0 aromatic carbocycles. The van der Waals surface area contributed by atoms with Gasteiger partial charge in [-0.25, -0.2) is 0 Å². The molecular formula is C16H22N4O3. The molecule has 1 saturated heterocycles. The van der Waals surface area contributed by atoms with Crippen LogP contribution >= 0.6 is 0 Å². The highest BCUT2D eigenvalue weighted by molar-refractivity contribution is 5.92. The molecule has 7 nitrogen and oxygen atoms in total. The molecule has 23 heavy (non-hydrogen) atoms. The van der Waals surface area contributed by atoms with Gasteiger partial charge in [0.05, 0.1) is 5.41 Å². The van der Waals surface area contributed by atoms with Crippen LogP contribution < -0.4 is 5.73 Å². The van der Waals surface area contributed by atoms with Gasteiger partial charge in [0.25, 0.3) is 5.91 Å². The maximum atomic E-state index is 12.3. The molecule has 1 aliphatic rings. The summed E-state index contributed by atoms with van der Waals surface area (Å²) in [6, 6.07) is 5.20. The summed E-state index contributed by atoms with van der Waals surface area (Å²) in [6.07, 6.45) is 1.66. The Balaban J connectivity index is 1.90.